The molecule has 1 aromatic carbocycles. The quantitative estimate of drug-likeness (QED) is 0.834. The van der Waals surface area contributed by atoms with Crippen LogP contribution in [-0.2, 0) is 6.42 Å². The van der Waals surface area contributed by atoms with Crippen LogP contribution in [0, 0.1) is 0 Å². The Balaban J connectivity index is 0.00000243. The number of benzene rings is 1. The van der Waals surface area contributed by atoms with Crippen LogP contribution >= 0.6 is 23.7 Å². The summed E-state index contributed by atoms with van der Waals surface area (Å²) in [6.07, 6.45) is 2.80. The first-order valence-corrected chi connectivity index (χ1v) is 9.49. The number of piperidine rings is 1. The van der Waals surface area contributed by atoms with Gasteiger partial charge in [-0.3, -0.25) is 9.59 Å². The van der Waals surface area contributed by atoms with E-state index < -0.39 is 0 Å². The zero-order chi connectivity index (χ0) is 17.8. The van der Waals surface area contributed by atoms with E-state index >= 15 is 0 Å². The van der Waals surface area contributed by atoms with Crippen molar-refractivity contribution >= 4 is 40.6 Å². The molecule has 1 saturated heterocycles. The molecule has 3 N–H and O–H groups in total. The molecule has 26 heavy (non-hydrogen) atoms. The van der Waals surface area contributed by atoms with Gasteiger partial charge in [-0.1, -0.05) is 19.1 Å². The smallest absolute Gasteiger partial charge is 0.256 e. The number of nitrogens with one attached hydrogen (secondary N) is 1. The van der Waals surface area contributed by atoms with E-state index in [9.17, 15) is 9.59 Å². The van der Waals surface area contributed by atoms with Crippen molar-refractivity contribution < 1.29 is 9.59 Å². The predicted octanol–water partition coefficient (Wildman–Crippen LogP) is 3.55. The van der Waals surface area contributed by atoms with Crippen LogP contribution < -0.4 is 11.1 Å². The van der Waals surface area contributed by atoms with E-state index in [1.807, 2.05) is 29.6 Å². The van der Waals surface area contributed by atoms with E-state index in [1.165, 1.54) is 16.9 Å². The number of carbonyl (C=O) groups is 2. The van der Waals surface area contributed by atoms with Crippen LogP contribution in [0.3, 0.4) is 0 Å². The van der Waals surface area contributed by atoms with Gasteiger partial charge in [-0.15, -0.1) is 23.7 Å². The molecule has 2 amide bonds. The minimum absolute atomic E-state index is 0. The molecule has 1 aromatic heterocycles. The van der Waals surface area contributed by atoms with Gasteiger partial charge in [-0.2, -0.15) is 0 Å². The molecule has 7 heteroatoms. The van der Waals surface area contributed by atoms with Gasteiger partial charge < -0.3 is 16.0 Å². The van der Waals surface area contributed by atoms with Gasteiger partial charge in [0.25, 0.3) is 11.8 Å². The summed E-state index contributed by atoms with van der Waals surface area (Å²) < 4.78 is 0. The lowest BCUT2D eigenvalue weighted by Crippen LogP contribution is -2.45. The SMILES string of the molecule is CCc1ccc(C(=O)Nc2sccc2C(=O)N2CCCC(N)C2)cc1.Cl. The van der Waals surface area contributed by atoms with Crippen LogP contribution in [0.1, 0.15) is 46.0 Å². The summed E-state index contributed by atoms with van der Waals surface area (Å²) in [5.74, 6) is -0.262. The largest absolute Gasteiger partial charge is 0.337 e. The Bertz CT molecular complexity index is 760. The third kappa shape index (κ3) is 4.63. The van der Waals surface area contributed by atoms with E-state index in [1.54, 1.807) is 11.0 Å². The van der Waals surface area contributed by atoms with Gasteiger partial charge in [0.1, 0.15) is 5.00 Å². The highest BCUT2D eigenvalue weighted by atomic mass is 35.5. The first kappa shape index (κ1) is 20.4. The molecule has 1 aliphatic heterocycles. The third-order valence-electron chi connectivity index (χ3n) is 4.49. The Morgan fingerprint density at radius 2 is 2.00 bits per heavy atom. The topological polar surface area (TPSA) is 75.4 Å². The van der Waals surface area contributed by atoms with Crippen molar-refractivity contribution in [2.75, 3.05) is 18.4 Å². The second-order valence-electron chi connectivity index (χ2n) is 6.32. The number of nitrogens with two attached hydrogens (primary N) is 1. The van der Waals surface area contributed by atoms with Gasteiger partial charge in [-0.25, -0.2) is 0 Å². The summed E-state index contributed by atoms with van der Waals surface area (Å²) in [7, 11) is 0. The number of nitrogens with zero attached hydrogens (tertiary/aromatic N) is 1. The first-order valence-electron chi connectivity index (χ1n) is 8.61. The number of likely N-dealkylation sites (tertiary alicyclic amines) is 1. The van der Waals surface area contributed by atoms with Gasteiger partial charge in [0.15, 0.2) is 0 Å². The number of hydrogen-bond donors (Lipinski definition) is 2. The van der Waals surface area contributed by atoms with Crippen molar-refractivity contribution in [3.63, 3.8) is 0 Å². The zero-order valence-electron chi connectivity index (χ0n) is 14.7. The molecule has 1 unspecified atom stereocenters. The molecule has 3 rings (SSSR count). The van der Waals surface area contributed by atoms with Crippen LogP contribution in [0.15, 0.2) is 35.7 Å². The lowest BCUT2D eigenvalue weighted by atomic mass is 10.1. The van der Waals surface area contributed by atoms with E-state index in [2.05, 4.69) is 12.2 Å². The molecule has 0 radical (unpaired) electrons. The Labute approximate surface area is 164 Å². The maximum Gasteiger partial charge on any atom is 0.256 e. The van der Waals surface area contributed by atoms with Crippen LogP contribution in [0.25, 0.3) is 0 Å². The summed E-state index contributed by atoms with van der Waals surface area (Å²) in [5, 5.41) is 5.29. The molecule has 1 fully saturated rings. The molecule has 0 aliphatic carbocycles. The Hall–Kier alpha value is -1.89. The lowest BCUT2D eigenvalue weighted by Gasteiger charge is -2.30. The Morgan fingerprint density at radius 1 is 1.27 bits per heavy atom. The molecule has 0 saturated carbocycles. The highest BCUT2D eigenvalue weighted by Gasteiger charge is 2.25. The molecular weight excluding hydrogens is 370 g/mol. The normalized spacial score (nSPS) is 16.7. The van der Waals surface area contributed by atoms with Crippen molar-refractivity contribution in [1.82, 2.24) is 4.90 Å². The number of halogens is 1. The van der Waals surface area contributed by atoms with Crippen LogP contribution in [0.2, 0.25) is 0 Å². The summed E-state index contributed by atoms with van der Waals surface area (Å²) >= 11 is 1.36. The molecule has 2 heterocycles. The molecule has 1 atom stereocenters. The number of anilines is 1. The summed E-state index contributed by atoms with van der Waals surface area (Å²) in [6, 6.07) is 9.32. The molecule has 0 spiro atoms. The number of rotatable bonds is 4. The standard InChI is InChI=1S/C19H23N3O2S.ClH/c1-2-13-5-7-14(8-6-13)17(23)21-18-16(9-11-25-18)19(24)22-10-3-4-15(20)12-22;/h5-9,11,15H,2-4,10,12,20H2,1H3,(H,21,23);1H. The molecule has 5 nitrogen and oxygen atoms in total. The number of carbonyl (C=O) groups excluding carboxylic acids is 2. The fourth-order valence-electron chi connectivity index (χ4n) is 3.01. The molecule has 0 bridgehead atoms. The second kappa shape index (κ2) is 9.16. The van der Waals surface area contributed by atoms with Crippen molar-refractivity contribution in [3.8, 4) is 0 Å². The number of hydrogen-bond acceptors (Lipinski definition) is 4. The fourth-order valence-corrected chi connectivity index (χ4v) is 3.78. The molecule has 140 valence electrons. The van der Waals surface area contributed by atoms with Crippen LogP contribution in [0.5, 0.6) is 0 Å². The van der Waals surface area contributed by atoms with Crippen LogP contribution in [-0.4, -0.2) is 35.8 Å². The number of thiophene rings is 1. The maximum atomic E-state index is 12.8. The molecule has 1 aliphatic rings. The average Bonchev–Trinajstić information content (AvgIpc) is 3.09. The average molecular weight is 394 g/mol. The van der Waals surface area contributed by atoms with Gasteiger partial charge >= 0.3 is 0 Å². The summed E-state index contributed by atoms with van der Waals surface area (Å²) in [4.78, 5) is 27.0. The molecular formula is C19H24ClN3O2S. The van der Waals surface area contributed by atoms with Gasteiger partial charge in [0.2, 0.25) is 0 Å². The second-order valence-corrected chi connectivity index (χ2v) is 7.24. The number of aryl methyl sites for hydroxylation is 1. The van der Waals surface area contributed by atoms with Crippen LogP contribution in [0.4, 0.5) is 5.00 Å². The lowest BCUT2D eigenvalue weighted by molar-refractivity contribution is 0.0710. The summed E-state index contributed by atoms with van der Waals surface area (Å²) in [5.41, 5.74) is 8.29. The van der Waals surface area contributed by atoms with E-state index in [-0.39, 0.29) is 30.3 Å². The van der Waals surface area contributed by atoms with Gasteiger partial charge in [-0.05, 0) is 48.4 Å². The Morgan fingerprint density at radius 3 is 2.65 bits per heavy atom. The first-order chi connectivity index (χ1) is 12.1. The van der Waals surface area contributed by atoms with Crippen molar-refractivity contribution in [2.24, 2.45) is 5.73 Å². The van der Waals surface area contributed by atoms with E-state index in [0.717, 1.165) is 19.3 Å². The van der Waals surface area contributed by atoms with Crippen molar-refractivity contribution in [2.45, 2.75) is 32.2 Å². The Kier molecular flexibility index (Phi) is 7.20. The highest BCUT2D eigenvalue weighted by molar-refractivity contribution is 7.14. The third-order valence-corrected chi connectivity index (χ3v) is 5.32. The van der Waals surface area contributed by atoms with Gasteiger partial charge in [0.05, 0.1) is 5.56 Å². The monoisotopic (exact) mass is 393 g/mol. The van der Waals surface area contributed by atoms with Gasteiger partial charge in [0, 0.05) is 24.7 Å². The predicted molar refractivity (Wildman–Crippen MR) is 108 cm³/mol. The van der Waals surface area contributed by atoms with E-state index in [4.69, 9.17) is 5.73 Å². The minimum atomic E-state index is -0.200. The van der Waals surface area contributed by atoms with Crippen molar-refractivity contribution in [3.05, 3.63) is 52.4 Å². The maximum absolute atomic E-state index is 12.8. The molecule has 2 aromatic rings. The number of amides is 2. The van der Waals surface area contributed by atoms with Crippen molar-refractivity contribution in [1.29, 1.82) is 0 Å². The summed E-state index contributed by atoms with van der Waals surface area (Å²) in [6.45, 7) is 3.36. The fraction of sp³-hybridized carbons (Fsp3) is 0.368. The zero-order valence-corrected chi connectivity index (χ0v) is 16.4. The minimum Gasteiger partial charge on any atom is -0.337 e. The van der Waals surface area contributed by atoms with E-state index in [0.29, 0.717) is 29.2 Å². The highest BCUT2D eigenvalue weighted by Crippen LogP contribution is 2.26.